The summed E-state index contributed by atoms with van der Waals surface area (Å²) in [6, 6.07) is 0.671. The number of hydrogen-bond donors (Lipinski definition) is 2. The Kier molecular flexibility index (Phi) is 7.21. The minimum atomic E-state index is 0.671. The molecular weight excluding hydrogens is 300 g/mol. The first-order valence-electron chi connectivity index (χ1n) is 10.2. The molecule has 5 nitrogen and oxygen atoms in total. The number of nitrogens with one attached hydrogen (secondary N) is 2. The Morgan fingerprint density at radius 2 is 1.96 bits per heavy atom. The number of rotatable bonds is 7. The van der Waals surface area contributed by atoms with Gasteiger partial charge < -0.3 is 15.4 Å². The Morgan fingerprint density at radius 3 is 2.71 bits per heavy atom. The molecule has 0 amide bonds. The fourth-order valence-corrected chi connectivity index (χ4v) is 4.27. The van der Waals surface area contributed by atoms with Crippen LogP contribution < -0.4 is 10.6 Å². The maximum Gasteiger partial charge on any atom is 0.191 e. The molecule has 0 aromatic rings. The molecule has 138 valence electrons. The molecule has 1 heterocycles. The van der Waals surface area contributed by atoms with E-state index in [0.29, 0.717) is 6.04 Å². The molecule has 3 rings (SSSR count). The lowest BCUT2D eigenvalue weighted by molar-refractivity contribution is 0.0377. The van der Waals surface area contributed by atoms with Crippen molar-refractivity contribution in [2.24, 2.45) is 16.8 Å². The van der Waals surface area contributed by atoms with E-state index < -0.39 is 0 Å². The van der Waals surface area contributed by atoms with Gasteiger partial charge in [-0.15, -0.1) is 0 Å². The van der Waals surface area contributed by atoms with Gasteiger partial charge in [0.15, 0.2) is 5.96 Å². The first-order valence-corrected chi connectivity index (χ1v) is 10.2. The van der Waals surface area contributed by atoms with Crippen molar-refractivity contribution in [1.82, 2.24) is 15.5 Å². The van der Waals surface area contributed by atoms with Gasteiger partial charge in [-0.25, -0.2) is 0 Å². The fourth-order valence-electron chi connectivity index (χ4n) is 4.27. The van der Waals surface area contributed by atoms with E-state index in [0.717, 1.165) is 70.2 Å². The van der Waals surface area contributed by atoms with Crippen LogP contribution in [0.15, 0.2) is 4.99 Å². The zero-order chi connectivity index (χ0) is 16.6. The minimum Gasteiger partial charge on any atom is -0.379 e. The van der Waals surface area contributed by atoms with Gasteiger partial charge in [-0.3, -0.25) is 9.89 Å². The quantitative estimate of drug-likeness (QED) is 0.425. The monoisotopic (exact) mass is 336 g/mol. The number of ether oxygens (including phenoxy) is 1. The van der Waals surface area contributed by atoms with Crippen LogP contribution >= 0.6 is 0 Å². The zero-order valence-corrected chi connectivity index (χ0v) is 15.4. The van der Waals surface area contributed by atoms with Crippen LogP contribution in [0.2, 0.25) is 0 Å². The average molecular weight is 337 g/mol. The summed E-state index contributed by atoms with van der Waals surface area (Å²) in [5.74, 6) is 2.91. The Balaban J connectivity index is 1.36. The topological polar surface area (TPSA) is 48.9 Å². The maximum absolute atomic E-state index is 5.40. The SMILES string of the molecule is CCNC(=NCCCN1CCOCC1)NC1CC1C1CCCCC1. The lowest BCUT2D eigenvalue weighted by Gasteiger charge is -2.26. The van der Waals surface area contributed by atoms with Crippen LogP contribution in [-0.4, -0.2) is 62.8 Å². The summed E-state index contributed by atoms with van der Waals surface area (Å²) in [4.78, 5) is 7.28. The van der Waals surface area contributed by atoms with Crippen molar-refractivity contribution < 1.29 is 4.74 Å². The second-order valence-corrected chi connectivity index (χ2v) is 7.62. The molecule has 0 bridgehead atoms. The number of aliphatic imine (C=N–C) groups is 1. The van der Waals surface area contributed by atoms with E-state index in [1.165, 1.54) is 38.5 Å². The molecule has 0 radical (unpaired) electrons. The van der Waals surface area contributed by atoms with E-state index in [9.17, 15) is 0 Å². The second-order valence-electron chi connectivity index (χ2n) is 7.62. The molecule has 2 saturated carbocycles. The van der Waals surface area contributed by atoms with Crippen molar-refractivity contribution >= 4 is 5.96 Å². The Bertz CT molecular complexity index is 389. The summed E-state index contributed by atoms with van der Waals surface area (Å²) in [7, 11) is 0. The van der Waals surface area contributed by atoms with Crippen LogP contribution in [-0.2, 0) is 4.74 Å². The average Bonchev–Trinajstić information content (AvgIpc) is 3.40. The standard InChI is InChI=1S/C19H36N4O/c1-2-20-19(21-9-6-10-23-11-13-24-14-12-23)22-18-15-17(18)16-7-4-3-5-8-16/h16-18H,2-15H2,1H3,(H2,20,21,22). The normalized spacial score (nSPS) is 29.5. The smallest absolute Gasteiger partial charge is 0.191 e. The molecule has 3 fully saturated rings. The first-order chi connectivity index (χ1) is 11.9. The van der Waals surface area contributed by atoms with Crippen LogP contribution in [0.4, 0.5) is 0 Å². The zero-order valence-electron chi connectivity index (χ0n) is 15.4. The summed E-state index contributed by atoms with van der Waals surface area (Å²) in [5.41, 5.74) is 0. The molecule has 5 heteroatoms. The van der Waals surface area contributed by atoms with Crippen molar-refractivity contribution in [3.05, 3.63) is 0 Å². The lowest BCUT2D eigenvalue weighted by Crippen LogP contribution is -2.40. The van der Waals surface area contributed by atoms with E-state index >= 15 is 0 Å². The van der Waals surface area contributed by atoms with Crippen molar-refractivity contribution in [1.29, 1.82) is 0 Å². The third-order valence-electron chi connectivity index (χ3n) is 5.77. The molecule has 0 aromatic carbocycles. The predicted molar refractivity (Wildman–Crippen MR) is 99.5 cm³/mol. The van der Waals surface area contributed by atoms with Crippen LogP contribution in [0.5, 0.6) is 0 Å². The lowest BCUT2D eigenvalue weighted by atomic mass is 9.85. The van der Waals surface area contributed by atoms with Crippen LogP contribution in [0.1, 0.15) is 51.9 Å². The van der Waals surface area contributed by atoms with Gasteiger partial charge in [0.05, 0.1) is 13.2 Å². The highest BCUT2D eigenvalue weighted by Crippen LogP contribution is 2.44. The minimum absolute atomic E-state index is 0.671. The maximum atomic E-state index is 5.40. The van der Waals surface area contributed by atoms with E-state index in [1.807, 2.05) is 0 Å². The van der Waals surface area contributed by atoms with Crippen LogP contribution in [0.3, 0.4) is 0 Å². The number of morpholine rings is 1. The third kappa shape index (κ3) is 5.62. The van der Waals surface area contributed by atoms with E-state index in [2.05, 4.69) is 22.5 Å². The molecule has 1 saturated heterocycles. The molecule has 0 spiro atoms. The highest BCUT2D eigenvalue weighted by atomic mass is 16.5. The van der Waals surface area contributed by atoms with E-state index in [1.54, 1.807) is 0 Å². The predicted octanol–water partition coefficient (Wildman–Crippen LogP) is 2.23. The highest BCUT2D eigenvalue weighted by Gasteiger charge is 2.43. The Hall–Kier alpha value is -0.810. The molecule has 2 aliphatic carbocycles. The van der Waals surface area contributed by atoms with Gasteiger partial charge in [-0.2, -0.15) is 0 Å². The van der Waals surface area contributed by atoms with Gasteiger partial charge in [-0.1, -0.05) is 32.1 Å². The summed E-state index contributed by atoms with van der Waals surface area (Å²) in [5, 5.41) is 7.10. The van der Waals surface area contributed by atoms with Crippen molar-refractivity contribution in [2.45, 2.75) is 57.9 Å². The summed E-state index contributed by atoms with van der Waals surface area (Å²) in [6.45, 7) is 9.07. The highest BCUT2D eigenvalue weighted by molar-refractivity contribution is 5.80. The summed E-state index contributed by atoms with van der Waals surface area (Å²) < 4.78 is 5.40. The van der Waals surface area contributed by atoms with Gasteiger partial charge in [0.2, 0.25) is 0 Å². The van der Waals surface area contributed by atoms with Crippen molar-refractivity contribution in [2.75, 3.05) is 45.9 Å². The Morgan fingerprint density at radius 1 is 1.17 bits per heavy atom. The van der Waals surface area contributed by atoms with Crippen molar-refractivity contribution in [3.8, 4) is 0 Å². The number of hydrogen-bond acceptors (Lipinski definition) is 3. The number of guanidine groups is 1. The van der Waals surface area contributed by atoms with Gasteiger partial charge in [-0.05, 0) is 31.6 Å². The van der Waals surface area contributed by atoms with E-state index in [-0.39, 0.29) is 0 Å². The van der Waals surface area contributed by atoms with Crippen LogP contribution in [0, 0.1) is 11.8 Å². The van der Waals surface area contributed by atoms with Gasteiger partial charge in [0.1, 0.15) is 0 Å². The molecule has 2 atom stereocenters. The first kappa shape index (κ1) is 18.0. The molecule has 2 unspecified atom stereocenters. The molecule has 0 aromatic heterocycles. The number of nitrogens with zero attached hydrogens (tertiary/aromatic N) is 2. The van der Waals surface area contributed by atoms with Crippen molar-refractivity contribution in [3.63, 3.8) is 0 Å². The molecule has 3 aliphatic rings. The molecule has 1 aliphatic heterocycles. The fraction of sp³-hybridized carbons (Fsp3) is 0.947. The third-order valence-corrected chi connectivity index (χ3v) is 5.77. The second kappa shape index (κ2) is 9.62. The van der Waals surface area contributed by atoms with E-state index in [4.69, 9.17) is 9.73 Å². The van der Waals surface area contributed by atoms with Gasteiger partial charge >= 0.3 is 0 Å². The molecule has 2 N–H and O–H groups in total. The van der Waals surface area contributed by atoms with Gasteiger partial charge in [0.25, 0.3) is 0 Å². The Labute approximate surface area is 147 Å². The summed E-state index contributed by atoms with van der Waals surface area (Å²) >= 11 is 0. The largest absolute Gasteiger partial charge is 0.379 e. The summed E-state index contributed by atoms with van der Waals surface area (Å²) in [6.07, 6.45) is 9.74. The van der Waals surface area contributed by atoms with Gasteiger partial charge in [0, 0.05) is 38.8 Å². The molecular formula is C19H36N4O. The molecule has 24 heavy (non-hydrogen) atoms. The van der Waals surface area contributed by atoms with Crippen LogP contribution in [0.25, 0.3) is 0 Å².